The lowest BCUT2D eigenvalue weighted by atomic mass is 10.1. The average Bonchev–Trinajstić information content (AvgIpc) is 3.46. The Kier molecular flexibility index (Phi) is 5.88. The van der Waals surface area contributed by atoms with Crippen LogP contribution >= 0.6 is 11.3 Å². The molecule has 5 nitrogen and oxygen atoms in total. The number of hydrogen-bond donors (Lipinski definition) is 1. The molecule has 1 aliphatic rings. The Hall–Kier alpha value is -2.44. The molecular weight excluding hydrogens is 370 g/mol. The molecule has 2 aromatic heterocycles. The molecule has 0 spiro atoms. The fourth-order valence-corrected chi connectivity index (χ4v) is 4.36. The van der Waals surface area contributed by atoms with Crippen molar-refractivity contribution >= 4 is 17.2 Å². The molecule has 6 heteroatoms. The highest BCUT2D eigenvalue weighted by atomic mass is 32.1. The number of rotatable bonds is 7. The van der Waals surface area contributed by atoms with E-state index in [-0.39, 0.29) is 18.4 Å². The maximum Gasteiger partial charge on any atom is 0.236 e. The molecule has 1 aliphatic heterocycles. The van der Waals surface area contributed by atoms with Gasteiger partial charge < -0.3 is 9.73 Å². The summed E-state index contributed by atoms with van der Waals surface area (Å²) >= 11 is 1.58. The van der Waals surface area contributed by atoms with E-state index >= 15 is 0 Å². The van der Waals surface area contributed by atoms with Crippen molar-refractivity contribution in [2.45, 2.75) is 32.2 Å². The minimum absolute atomic E-state index is 0.0192. The van der Waals surface area contributed by atoms with E-state index in [0.29, 0.717) is 23.9 Å². The summed E-state index contributed by atoms with van der Waals surface area (Å²) in [5.41, 5.74) is 1.96. The molecule has 28 heavy (non-hydrogen) atoms. The first-order chi connectivity index (χ1) is 13.7. The highest BCUT2D eigenvalue weighted by Crippen LogP contribution is 2.26. The van der Waals surface area contributed by atoms with Crippen LogP contribution < -0.4 is 5.32 Å². The number of nitrogens with one attached hydrogen (secondary N) is 1. The Morgan fingerprint density at radius 2 is 2.00 bits per heavy atom. The number of aryl methyl sites for hydroxylation is 1. The van der Waals surface area contributed by atoms with Crippen molar-refractivity contribution < 1.29 is 9.21 Å². The van der Waals surface area contributed by atoms with Crippen molar-refractivity contribution in [3.63, 3.8) is 0 Å². The Bertz CT molecular complexity index is 899. The Morgan fingerprint density at radius 1 is 1.21 bits per heavy atom. The summed E-state index contributed by atoms with van der Waals surface area (Å²) in [5.74, 6) is 1.28. The van der Waals surface area contributed by atoms with E-state index in [4.69, 9.17) is 4.42 Å². The minimum atomic E-state index is -0.0192. The van der Waals surface area contributed by atoms with E-state index in [0.717, 1.165) is 18.0 Å². The number of oxazole rings is 1. The van der Waals surface area contributed by atoms with Crippen molar-refractivity contribution in [2.24, 2.45) is 0 Å². The molecule has 0 saturated carbocycles. The van der Waals surface area contributed by atoms with Gasteiger partial charge in [0.2, 0.25) is 11.8 Å². The highest BCUT2D eigenvalue weighted by Gasteiger charge is 2.24. The Morgan fingerprint density at radius 3 is 2.71 bits per heavy atom. The second-order valence-electron chi connectivity index (χ2n) is 7.15. The van der Waals surface area contributed by atoms with Gasteiger partial charge in [-0.05, 0) is 49.9 Å². The quantitative estimate of drug-likeness (QED) is 0.651. The van der Waals surface area contributed by atoms with Gasteiger partial charge in [-0.25, -0.2) is 4.98 Å². The largest absolute Gasteiger partial charge is 0.440 e. The van der Waals surface area contributed by atoms with Crippen molar-refractivity contribution in [1.82, 2.24) is 15.2 Å². The van der Waals surface area contributed by atoms with Crippen LogP contribution in [-0.4, -0.2) is 35.4 Å². The Labute approximate surface area is 169 Å². The van der Waals surface area contributed by atoms with Gasteiger partial charge in [-0.2, -0.15) is 0 Å². The fourth-order valence-electron chi connectivity index (χ4n) is 3.71. The predicted octanol–water partition coefficient (Wildman–Crippen LogP) is 4.21. The topological polar surface area (TPSA) is 58.4 Å². The van der Waals surface area contributed by atoms with E-state index in [9.17, 15) is 4.79 Å². The van der Waals surface area contributed by atoms with Crippen molar-refractivity contribution in [2.75, 3.05) is 19.6 Å². The Balaban J connectivity index is 1.40. The lowest BCUT2D eigenvalue weighted by Gasteiger charge is -2.28. The van der Waals surface area contributed by atoms with E-state index in [1.165, 1.54) is 18.4 Å². The molecule has 0 aliphatic carbocycles. The molecule has 1 N–H and O–H groups in total. The number of carbonyl (C=O) groups excluding carboxylic acids is 1. The molecule has 4 rings (SSSR count). The van der Waals surface area contributed by atoms with Crippen LogP contribution in [0.1, 0.15) is 35.9 Å². The minimum Gasteiger partial charge on any atom is -0.440 e. The van der Waals surface area contributed by atoms with Gasteiger partial charge in [-0.15, -0.1) is 11.3 Å². The zero-order valence-corrected chi connectivity index (χ0v) is 16.9. The van der Waals surface area contributed by atoms with Crippen LogP contribution in [0.25, 0.3) is 10.8 Å². The van der Waals surface area contributed by atoms with E-state index < -0.39 is 0 Å². The van der Waals surface area contributed by atoms with E-state index in [1.54, 1.807) is 11.3 Å². The summed E-state index contributed by atoms with van der Waals surface area (Å²) in [6.07, 6.45) is 2.68. The number of amides is 1. The van der Waals surface area contributed by atoms with Gasteiger partial charge in [0.05, 0.1) is 23.0 Å². The van der Waals surface area contributed by atoms with E-state index in [2.05, 4.69) is 39.5 Å². The van der Waals surface area contributed by atoms with Crippen molar-refractivity contribution in [3.8, 4) is 10.8 Å². The van der Waals surface area contributed by atoms with Gasteiger partial charge in [0.1, 0.15) is 5.76 Å². The molecule has 1 aromatic carbocycles. The summed E-state index contributed by atoms with van der Waals surface area (Å²) in [6, 6.07) is 14.6. The number of thiophene rings is 1. The van der Waals surface area contributed by atoms with Gasteiger partial charge in [0, 0.05) is 6.54 Å². The molecular formula is C22H25N3O2S. The highest BCUT2D eigenvalue weighted by molar-refractivity contribution is 7.13. The molecule has 0 radical (unpaired) electrons. The van der Waals surface area contributed by atoms with Crippen LogP contribution in [0.2, 0.25) is 0 Å². The van der Waals surface area contributed by atoms with Crippen LogP contribution in [-0.2, 0) is 11.2 Å². The number of carbonyl (C=O) groups is 1. The van der Waals surface area contributed by atoms with Gasteiger partial charge in [0.25, 0.3) is 0 Å². The third-order valence-electron chi connectivity index (χ3n) is 5.21. The van der Waals surface area contributed by atoms with Crippen LogP contribution in [0.5, 0.6) is 0 Å². The summed E-state index contributed by atoms with van der Waals surface area (Å²) in [4.78, 5) is 20.6. The van der Waals surface area contributed by atoms with Gasteiger partial charge in [-0.3, -0.25) is 9.69 Å². The maximum absolute atomic E-state index is 12.6. The van der Waals surface area contributed by atoms with Crippen LogP contribution in [0.4, 0.5) is 0 Å². The summed E-state index contributed by atoms with van der Waals surface area (Å²) in [6.45, 7) is 4.64. The summed E-state index contributed by atoms with van der Waals surface area (Å²) in [5, 5.41) is 5.11. The average molecular weight is 396 g/mol. The molecule has 1 fully saturated rings. The number of nitrogens with zero attached hydrogens (tertiary/aromatic N) is 2. The lowest BCUT2D eigenvalue weighted by molar-refractivity contribution is -0.120. The normalized spacial score (nSPS) is 15.6. The van der Waals surface area contributed by atoms with Gasteiger partial charge in [0.15, 0.2) is 0 Å². The zero-order chi connectivity index (χ0) is 19.3. The standard InChI is InChI=1S/C22H25N3O2S/c1-16-18(24-22(27-16)20-10-7-13-28-20)14-21(26)23-15-19(25-11-5-6-12-25)17-8-3-2-4-9-17/h2-4,7-10,13,19H,5-6,11-12,14-15H2,1H3,(H,23,26). The molecule has 146 valence electrons. The van der Waals surface area contributed by atoms with Crippen molar-refractivity contribution in [1.29, 1.82) is 0 Å². The summed E-state index contributed by atoms with van der Waals surface area (Å²) < 4.78 is 5.75. The van der Waals surface area contributed by atoms with Crippen LogP contribution in [0, 0.1) is 6.92 Å². The lowest BCUT2D eigenvalue weighted by Crippen LogP contribution is -2.37. The molecule has 0 bridgehead atoms. The smallest absolute Gasteiger partial charge is 0.236 e. The fraction of sp³-hybridized carbons (Fsp3) is 0.364. The second-order valence-corrected chi connectivity index (χ2v) is 8.10. The second kappa shape index (κ2) is 8.71. The SMILES string of the molecule is Cc1oc(-c2cccs2)nc1CC(=O)NCC(c1ccccc1)N1CCCC1. The molecule has 3 aromatic rings. The third kappa shape index (κ3) is 4.34. The van der Waals surface area contributed by atoms with Crippen LogP contribution in [0.15, 0.2) is 52.3 Å². The molecule has 1 saturated heterocycles. The maximum atomic E-state index is 12.6. The molecule has 1 amide bonds. The first kappa shape index (κ1) is 18.9. The van der Waals surface area contributed by atoms with Crippen LogP contribution in [0.3, 0.4) is 0 Å². The molecule has 1 unspecified atom stereocenters. The molecule has 3 heterocycles. The third-order valence-corrected chi connectivity index (χ3v) is 6.07. The van der Waals surface area contributed by atoms with E-state index in [1.807, 2.05) is 30.5 Å². The predicted molar refractivity (Wildman–Crippen MR) is 111 cm³/mol. The van der Waals surface area contributed by atoms with Gasteiger partial charge >= 0.3 is 0 Å². The first-order valence-electron chi connectivity index (χ1n) is 9.76. The molecule has 1 atom stereocenters. The number of likely N-dealkylation sites (tertiary alicyclic amines) is 1. The van der Waals surface area contributed by atoms with Gasteiger partial charge in [-0.1, -0.05) is 36.4 Å². The number of benzene rings is 1. The van der Waals surface area contributed by atoms with Crippen molar-refractivity contribution in [3.05, 3.63) is 64.9 Å². The zero-order valence-electron chi connectivity index (χ0n) is 16.1. The summed E-state index contributed by atoms with van der Waals surface area (Å²) in [7, 11) is 0. The number of hydrogen-bond acceptors (Lipinski definition) is 5. The first-order valence-corrected chi connectivity index (χ1v) is 10.6. The monoisotopic (exact) mass is 395 g/mol. The number of aromatic nitrogens is 1.